The Hall–Kier alpha value is -2.91. The summed E-state index contributed by atoms with van der Waals surface area (Å²) in [6.45, 7) is 8.13. The molecule has 0 saturated carbocycles. The van der Waals surface area contributed by atoms with E-state index in [1.807, 2.05) is 6.92 Å². The molecule has 0 aliphatic carbocycles. The Morgan fingerprint density at radius 3 is 2.50 bits per heavy atom. The average molecular weight is 423 g/mol. The fourth-order valence-corrected chi connectivity index (χ4v) is 3.12. The van der Waals surface area contributed by atoms with Crippen LogP contribution in [0, 0.1) is 0 Å². The van der Waals surface area contributed by atoms with Crippen LogP contribution in [-0.2, 0) is 10.9 Å². The molecule has 1 atom stereocenters. The second-order valence-corrected chi connectivity index (χ2v) is 8.14. The van der Waals surface area contributed by atoms with Gasteiger partial charge in [-0.1, -0.05) is 0 Å². The molecule has 0 unspecified atom stereocenters. The Morgan fingerprint density at radius 1 is 1.20 bits per heavy atom. The number of aromatic nitrogens is 3. The molecule has 3 heterocycles. The number of hydrogen-bond donors (Lipinski definition) is 0. The quantitative estimate of drug-likeness (QED) is 0.727. The fourth-order valence-electron chi connectivity index (χ4n) is 3.12. The normalized spacial score (nSPS) is 17.8. The highest BCUT2D eigenvalue weighted by Gasteiger charge is 2.36. The van der Waals surface area contributed by atoms with Crippen molar-refractivity contribution >= 4 is 11.9 Å². The molecule has 162 valence electrons. The summed E-state index contributed by atoms with van der Waals surface area (Å²) in [6, 6.07) is 3.89. The summed E-state index contributed by atoms with van der Waals surface area (Å²) < 4.78 is 45.7. The first kappa shape index (κ1) is 21.8. The minimum atomic E-state index is -4.61. The predicted octanol–water partition coefficient (Wildman–Crippen LogP) is 4.00. The van der Waals surface area contributed by atoms with Gasteiger partial charge in [-0.2, -0.15) is 13.2 Å². The molecule has 0 radical (unpaired) electrons. The number of anilines is 1. The van der Waals surface area contributed by atoms with Crippen molar-refractivity contribution in [2.24, 2.45) is 0 Å². The number of carbonyl (C=O) groups is 1. The number of ether oxygens (including phenoxy) is 1. The van der Waals surface area contributed by atoms with E-state index in [9.17, 15) is 18.0 Å². The van der Waals surface area contributed by atoms with Crippen LogP contribution < -0.4 is 4.90 Å². The van der Waals surface area contributed by atoms with Crippen molar-refractivity contribution < 1.29 is 22.7 Å². The van der Waals surface area contributed by atoms with Crippen molar-refractivity contribution in [2.75, 3.05) is 24.5 Å². The lowest BCUT2D eigenvalue weighted by molar-refractivity contribution is -0.141. The van der Waals surface area contributed by atoms with E-state index in [1.165, 1.54) is 12.4 Å². The zero-order valence-electron chi connectivity index (χ0n) is 17.3. The highest BCUT2D eigenvalue weighted by Crippen LogP contribution is 2.32. The van der Waals surface area contributed by atoms with Crippen LogP contribution in [0.2, 0.25) is 0 Å². The van der Waals surface area contributed by atoms with E-state index in [4.69, 9.17) is 4.74 Å². The zero-order chi connectivity index (χ0) is 22.1. The predicted molar refractivity (Wildman–Crippen MR) is 105 cm³/mol. The van der Waals surface area contributed by atoms with E-state index >= 15 is 0 Å². The minimum absolute atomic E-state index is 0.0462. The summed E-state index contributed by atoms with van der Waals surface area (Å²) in [5.74, 6) is 0.113. The number of amides is 1. The van der Waals surface area contributed by atoms with E-state index in [2.05, 4.69) is 15.0 Å². The van der Waals surface area contributed by atoms with Crippen molar-refractivity contribution in [3.8, 4) is 11.4 Å². The largest absolute Gasteiger partial charge is 0.444 e. The molecule has 2 aromatic heterocycles. The molecule has 0 N–H and O–H groups in total. The number of pyridine rings is 1. The van der Waals surface area contributed by atoms with Crippen LogP contribution in [-0.4, -0.2) is 57.2 Å². The van der Waals surface area contributed by atoms with Crippen molar-refractivity contribution in [1.29, 1.82) is 0 Å². The second-order valence-electron chi connectivity index (χ2n) is 8.14. The molecule has 7 nitrogen and oxygen atoms in total. The maximum atomic E-state index is 13.4. The summed E-state index contributed by atoms with van der Waals surface area (Å²) >= 11 is 0. The van der Waals surface area contributed by atoms with E-state index in [1.54, 1.807) is 42.7 Å². The van der Waals surface area contributed by atoms with E-state index < -0.39 is 23.6 Å². The fraction of sp³-hybridized carbons (Fsp3) is 0.500. The first-order valence-corrected chi connectivity index (χ1v) is 9.55. The van der Waals surface area contributed by atoms with Crippen LogP contribution in [0.15, 0.2) is 30.6 Å². The molecule has 30 heavy (non-hydrogen) atoms. The first-order valence-electron chi connectivity index (χ1n) is 9.55. The van der Waals surface area contributed by atoms with Gasteiger partial charge in [0.2, 0.25) is 0 Å². The molecule has 2 aromatic rings. The molecule has 1 amide bonds. The smallest absolute Gasteiger partial charge is 0.433 e. The van der Waals surface area contributed by atoms with Crippen LogP contribution in [0.1, 0.15) is 33.4 Å². The number of rotatable bonds is 2. The van der Waals surface area contributed by atoms with Crippen LogP contribution >= 0.6 is 0 Å². The standard InChI is InChI=1S/C20H24F3N5O2/c1-13-12-27(8-9-28(13)18(29)30-19(2,3)4)16-10-15(20(21,22)23)25-17(26-16)14-6-5-7-24-11-14/h5-7,10-11,13H,8-9,12H2,1-4H3/t13-/m1/s1. The molecule has 1 fully saturated rings. The molecular weight excluding hydrogens is 399 g/mol. The Labute approximate surface area is 172 Å². The molecule has 1 saturated heterocycles. The zero-order valence-corrected chi connectivity index (χ0v) is 17.3. The highest BCUT2D eigenvalue weighted by molar-refractivity contribution is 5.69. The van der Waals surface area contributed by atoms with Gasteiger partial charge in [0.25, 0.3) is 0 Å². The van der Waals surface area contributed by atoms with Crippen LogP contribution in [0.4, 0.5) is 23.8 Å². The summed E-state index contributed by atoms with van der Waals surface area (Å²) in [5.41, 5.74) is -1.25. The molecule has 0 aromatic carbocycles. The van der Waals surface area contributed by atoms with Crippen molar-refractivity contribution in [3.63, 3.8) is 0 Å². The van der Waals surface area contributed by atoms with Crippen molar-refractivity contribution in [1.82, 2.24) is 19.9 Å². The number of carbonyl (C=O) groups excluding carboxylic acids is 1. The lowest BCUT2D eigenvalue weighted by Gasteiger charge is -2.40. The highest BCUT2D eigenvalue weighted by atomic mass is 19.4. The average Bonchev–Trinajstić information content (AvgIpc) is 2.66. The number of hydrogen-bond acceptors (Lipinski definition) is 6. The summed E-state index contributed by atoms with van der Waals surface area (Å²) in [6.07, 6.45) is -2.11. The number of alkyl halides is 3. The van der Waals surface area contributed by atoms with E-state index in [-0.39, 0.29) is 17.7 Å². The minimum Gasteiger partial charge on any atom is -0.444 e. The van der Waals surface area contributed by atoms with Gasteiger partial charge in [-0.15, -0.1) is 0 Å². The van der Waals surface area contributed by atoms with Gasteiger partial charge in [0.1, 0.15) is 11.4 Å². The molecule has 10 heteroatoms. The second kappa shape index (κ2) is 8.08. The third kappa shape index (κ3) is 5.17. The van der Waals surface area contributed by atoms with Gasteiger partial charge in [0.15, 0.2) is 11.5 Å². The Morgan fingerprint density at radius 2 is 1.93 bits per heavy atom. The third-order valence-corrected chi connectivity index (χ3v) is 4.50. The lowest BCUT2D eigenvalue weighted by atomic mass is 10.2. The summed E-state index contributed by atoms with van der Waals surface area (Å²) in [5, 5.41) is 0. The van der Waals surface area contributed by atoms with Gasteiger partial charge >= 0.3 is 12.3 Å². The maximum absolute atomic E-state index is 13.4. The van der Waals surface area contributed by atoms with E-state index in [0.29, 0.717) is 25.2 Å². The topological polar surface area (TPSA) is 71.5 Å². The maximum Gasteiger partial charge on any atom is 0.433 e. The van der Waals surface area contributed by atoms with Crippen molar-refractivity contribution in [3.05, 3.63) is 36.3 Å². The molecular formula is C20H24F3N5O2. The summed E-state index contributed by atoms with van der Waals surface area (Å²) in [4.78, 5) is 27.7. The number of halogens is 3. The van der Waals surface area contributed by atoms with Gasteiger partial charge in [-0.05, 0) is 39.8 Å². The Kier molecular flexibility index (Phi) is 5.87. The molecule has 3 rings (SSSR count). The SMILES string of the molecule is C[C@@H]1CN(c2cc(C(F)(F)F)nc(-c3cccnc3)n2)CCN1C(=O)OC(C)(C)C. The van der Waals surface area contributed by atoms with Gasteiger partial charge in [0, 0.05) is 49.7 Å². The molecule has 1 aliphatic rings. The van der Waals surface area contributed by atoms with E-state index in [0.717, 1.165) is 6.07 Å². The monoisotopic (exact) mass is 423 g/mol. The van der Waals surface area contributed by atoms with Crippen LogP contribution in [0.3, 0.4) is 0 Å². The van der Waals surface area contributed by atoms with Gasteiger partial charge in [-0.25, -0.2) is 14.8 Å². The summed E-state index contributed by atoms with van der Waals surface area (Å²) in [7, 11) is 0. The number of piperazine rings is 1. The lowest BCUT2D eigenvalue weighted by Crippen LogP contribution is -2.55. The molecule has 1 aliphatic heterocycles. The van der Waals surface area contributed by atoms with Crippen LogP contribution in [0.5, 0.6) is 0 Å². The third-order valence-electron chi connectivity index (χ3n) is 4.50. The Balaban J connectivity index is 1.86. The molecule has 0 spiro atoms. The van der Waals surface area contributed by atoms with Crippen LogP contribution in [0.25, 0.3) is 11.4 Å². The first-order chi connectivity index (χ1) is 13.9. The van der Waals surface area contributed by atoms with Gasteiger partial charge in [0.05, 0.1) is 0 Å². The molecule has 0 bridgehead atoms. The van der Waals surface area contributed by atoms with Crippen molar-refractivity contribution in [2.45, 2.75) is 45.5 Å². The number of nitrogens with zero attached hydrogens (tertiary/aromatic N) is 5. The van der Waals surface area contributed by atoms with Gasteiger partial charge < -0.3 is 14.5 Å². The van der Waals surface area contributed by atoms with Gasteiger partial charge in [-0.3, -0.25) is 4.98 Å². The Bertz CT molecular complexity index is 900.